The third-order valence-electron chi connectivity index (χ3n) is 6.72. The lowest BCUT2D eigenvalue weighted by Gasteiger charge is -2.35. The second-order valence-electron chi connectivity index (χ2n) is 10.5. The molecule has 0 aliphatic heterocycles. The number of benzene rings is 4. The first-order chi connectivity index (χ1) is 20.9. The Hall–Kier alpha value is -4.73. The second-order valence-corrected chi connectivity index (χ2v) is 10.5. The van der Waals surface area contributed by atoms with Crippen molar-refractivity contribution in [1.29, 1.82) is 0 Å². The van der Waals surface area contributed by atoms with E-state index in [9.17, 15) is 19.5 Å². The molecule has 0 unspecified atom stereocenters. The van der Waals surface area contributed by atoms with Crippen LogP contribution in [0.3, 0.4) is 0 Å². The van der Waals surface area contributed by atoms with Crippen molar-refractivity contribution in [3.8, 4) is 5.75 Å². The van der Waals surface area contributed by atoms with E-state index in [1.807, 2.05) is 92.7 Å². The number of para-hydroxylation sites is 1. The summed E-state index contributed by atoms with van der Waals surface area (Å²) in [7, 11) is 0. The zero-order valence-electron chi connectivity index (χ0n) is 24.4. The lowest BCUT2D eigenvalue weighted by atomic mass is 9.98. The standard InChI is InChI=1S/C34H37N3O6/c1-25(2)23-37(33(40)35-42-24-26-11-5-3-6-12-26)34(41)36(19-20-38)31(22-32(39)43-30-15-7-4-8-16-30)29-18-17-27-13-9-10-14-28(27)21-29/h3-18,21,25,31,38H,19-20,22-24H2,1-2H3,(H,35,40)/t31-/m0/s1. The van der Waals surface area contributed by atoms with Crippen molar-refractivity contribution >= 4 is 28.8 Å². The van der Waals surface area contributed by atoms with E-state index >= 15 is 0 Å². The Morgan fingerprint density at radius 2 is 1.49 bits per heavy atom. The molecule has 4 rings (SSSR count). The Bertz CT molecular complexity index is 1500. The van der Waals surface area contributed by atoms with E-state index in [0.29, 0.717) is 11.3 Å². The van der Waals surface area contributed by atoms with E-state index in [2.05, 4.69) is 5.48 Å². The van der Waals surface area contributed by atoms with Gasteiger partial charge in [0.2, 0.25) is 0 Å². The molecule has 0 radical (unpaired) electrons. The molecule has 0 aliphatic carbocycles. The molecule has 43 heavy (non-hydrogen) atoms. The molecule has 4 aromatic carbocycles. The van der Waals surface area contributed by atoms with Gasteiger partial charge in [0.15, 0.2) is 0 Å². The maximum atomic E-state index is 14.1. The van der Waals surface area contributed by atoms with Gasteiger partial charge in [-0.15, -0.1) is 0 Å². The van der Waals surface area contributed by atoms with Gasteiger partial charge in [-0.2, -0.15) is 0 Å². The molecule has 0 heterocycles. The summed E-state index contributed by atoms with van der Waals surface area (Å²) in [5.74, 6) is -0.255. The van der Waals surface area contributed by atoms with Crippen LogP contribution < -0.4 is 10.2 Å². The van der Waals surface area contributed by atoms with Crippen molar-refractivity contribution in [3.63, 3.8) is 0 Å². The van der Waals surface area contributed by atoms with Crippen molar-refractivity contribution in [3.05, 3.63) is 114 Å². The van der Waals surface area contributed by atoms with Gasteiger partial charge in [0, 0.05) is 13.1 Å². The van der Waals surface area contributed by atoms with Crippen LogP contribution in [0, 0.1) is 5.92 Å². The SMILES string of the molecule is CC(C)CN(C(=O)NOCc1ccccc1)C(=O)N(CCO)[C@@H](CC(=O)Oc1ccccc1)c1ccc2ccccc2c1. The number of esters is 1. The van der Waals surface area contributed by atoms with Crippen LogP contribution in [0.15, 0.2) is 103 Å². The first-order valence-corrected chi connectivity index (χ1v) is 14.2. The van der Waals surface area contributed by atoms with E-state index in [4.69, 9.17) is 9.57 Å². The first kappa shape index (κ1) is 31.2. The third-order valence-corrected chi connectivity index (χ3v) is 6.72. The molecule has 1 atom stereocenters. The highest BCUT2D eigenvalue weighted by Crippen LogP contribution is 2.30. The number of amides is 4. The summed E-state index contributed by atoms with van der Waals surface area (Å²) in [6.07, 6.45) is -0.208. The average molecular weight is 584 g/mol. The number of hydrogen-bond acceptors (Lipinski definition) is 6. The van der Waals surface area contributed by atoms with E-state index in [1.165, 1.54) is 4.90 Å². The zero-order valence-corrected chi connectivity index (χ0v) is 24.4. The summed E-state index contributed by atoms with van der Waals surface area (Å²) in [6, 6.07) is 29.1. The van der Waals surface area contributed by atoms with Gasteiger partial charge in [-0.05, 0) is 46.0 Å². The van der Waals surface area contributed by atoms with Crippen LogP contribution in [0.5, 0.6) is 5.75 Å². The molecular formula is C34H37N3O6. The smallest absolute Gasteiger partial charge is 0.349 e. The third kappa shape index (κ3) is 8.88. The Balaban J connectivity index is 1.63. The van der Waals surface area contributed by atoms with Gasteiger partial charge in [0.25, 0.3) is 0 Å². The molecule has 4 aromatic rings. The fraction of sp³-hybridized carbons (Fsp3) is 0.265. The van der Waals surface area contributed by atoms with Gasteiger partial charge >= 0.3 is 18.0 Å². The van der Waals surface area contributed by atoms with Crippen LogP contribution in [0.1, 0.15) is 37.4 Å². The molecule has 0 fully saturated rings. The van der Waals surface area contributed by atoms with Crippen LogP contribution in [0.25, 0.3) is 10.8 Å². The van der Waals surface area contributed by atoms with Crippen LogP contribution in [0.4, 0.5) is 9.59 Å². The summed E-state index contributed by atoms with van der Waals surface area (Å²) in [4.78, 5) is 48.5. The number of hydrogen-bond donors (Lipinski definition) is 2. The van der Waals surface area contributed by atoms with E-state index in [0.717, 1.165) is 21.2 Å². The fourth-order valence-corrected chi connectivity index (χ4v) is 4.71. The first-order valence-electron chi connectivity index (χ1n) is 14.2. The summed E-state index contributed by atoms with van der Waals surface area (Å²) in [6.45, 7) is 3.45. The molecule has 0 aliphatic rings. The number of carbonyl (C=O) groups excluding carboxylic acids is 3. The maximum Gasteiger partial charge on any atom is 0.349 e. The molecule has 2 N–H and O–H groups in total. The molecule has 0 saturated heterocycles. The quantitative estimate of drug-likeness (QED) is 0.119. The highest BCUT2D eigenvalue weighted by molar-refractivity contribution is 5.94. The van der Waals surface area contributed by atoms with Gasteiger partial charge in [0.1, 0.15) is 5.75 Å². The summed E-state index contributed by atoms with van der Waals surface area (Å²) in [5.41, 5.74) is 3.89. The fourth-order valence-electron chi connectivity index (χ4n) is 4.71. The number of nitrogens with zero attached hydrogens (tertiary/aromatic N) is 2. The number of rotatable bonds is 12. The molecule has 224 valence electrons. The predicted octanol–water partition coefficient (Wildman–Crippen LogP) is 6.09. The lowest BCUT2D eigenvalue weighted by Crippen LogP contribution is -2.53. The number of fused-ring (bicyclic) bond motifs is 1. The van der Waals surface area contributed by atoms with Crippen molar-refractivity contribution in [2.75, 3.05) is 19.7 Å². The number of urea groups is 2. The van der Waals surface area contributed by atoms with E-state index in [1.54, 1.807) is 24.3 Å². The van der Waals surface area contributed by atoms with Gasteiger partial charge in [-0.1, -0.05) is 98.8 Å². The van der Waals surface area contributed by atoms with Crippen molar-refractivity contribution in [1.82, 2.24) is 15.3 Å². The normalized spacial score (nSPS) is 11.6. The maximum absolute atomic E-state index is 14.1. The number of aliphatic hydroxyl groups excluding tert-OH is 1. The van der Waals surface area contributed by atoms with Crippen molar-refractivity contribution in [2.24, 2.45) is 5.92 Å². The summed E-state index contributed by atoms with van der Waals surface area (Å²) in [5, 5.41) is 12.0. The molecule has 0 bridgehead atoms. The largest absolute Gasteiger partial charge is 0.426 e. The van der Waals surface area contributed by atoms with Crippen molar-refractivity contribution < 1.29 is 29.1 Å². The average Bonchev–Trinajstić information content (AvgIpc) is 3.02. The predicted molar refractivity (Wildman–Crippen MR) is 164 cm³/mol. The molecular weight excluding hydrogens is 546 g/mol. The second kappa shape index (κ2) is 15.5. The van der Waals surface area contributed by atoms with Crippen LogP contribution in [-0.4, -0.2) is 52.6 Å². The number of imide groups is 1. The highest BCUT2D eigenvalue weighted by Gasteiger charge is 2.34. The van der Waals surface area contributed by atoms with Crippen LogP contribution in [0.2, 0.25) is 0 Å². The summed E-state index contributed by atoms with van der Waals surface area (Å²) < 4.78 is 5.58. The highest BCUT2D eigenvalue weighted by atomic mass is 16.7. The molecule has 0 spiro atoms. The van der Waals surface area contributed by atoms with E-state index in [-0.39, 0.29) is 38.6 Å². The zero-order chi connectivity index (χ0) is 30.6. The van der Waals surface area contributed by atoms with Gasteiger partial charge in [-0.25, -0.2) is 20.0 Å². The molecule has 9 heteroatoms. The Labute approximate surface area is 251 Å². The molecule has 9 nitrogen and oxygen atoms in total. The number of nitrogens with one attached hydrogen (secondary N) is 1. The van der Waals surface area contributed by atoms with Crippen LogP contribution >= 0.6 is 0 Å². The van der Waals surface area contributed by atoms with Gasteiger partial charge in [-0.3, -0.25) is 9.63 Å². The Morgan fingerprint density at radius 1 is 0.837 bits per heavy atom. The Morgan fingerprint density at radius 3 is 2.16 bits per heavy atom. The molecule has 0 saturated carbocycles. The summed E-state index contributed by atoms with van der Waals surface area (Å²) >= 11 is 0. The topological polar surface area (TPSA) is 108 Å². The number of aliphatic hydroxyl groups is 1. The van der Waals surface area contributed by atoms with Crippen LogP contribution in [-0.2, 0) is 16.2 Å². The number of hydroxylamine groups is 1. The lowest BCUT2D eigenvalue weighted by molar-refractivity contribution is -0.135. The molecule has 0 aromatic heterocycles. The monoisotopic (exact) mass is 583 g/mol. The minimum absolute atomic E-state index is 0.0676. The van der Waals surface area contributed by atoms with E-state index < -0.39 is 24.1 Å². The molecule has 4 amide bonds. The van der Waals surface area contributed by atoms with Crippen molar-refractivity contribution in [2.45, 2.75) is 32.9 Å². The minimum Gasteiger partial charge on any atom is -0.426 e. The number of carbonyl (C=O) groups is 3. The van der Waals surface area contributed by atoms with Gasteiger partial charge < -0.3 is 14.7 Å². The van der Waals surface area contributed by atoms with Gasteiger partial charge in [0.05, 0.1) is 25.7 Å². The minimum atomic E-state index is -0.840. The number of ether oxygens (including phenoxy) is 1. The Kier molecular flexibility index (Phi) is 11.2.